The van der Waals surface area contributed by atoms with Crippen LogP contribution in [-0.2, 0) is 0 Å². The van der Waals surface area contributed by atoms with Gasteiger partial charge in [0.25, 0.3) is 0 Å². The number of nitrogens with one attached hydrogen (secondary N) is 1. The van der Waals surface area contributed by atoms with Gasteiger partial charge in [-0.15, -0.1) is 0 Å². The number of hydrogen-bond donors (Lipinski definition) is 1. The van der Waals surface area contributed by atoms with E-state index in [9.17, 15) is 0 Å². The first-order chi connectivity index (χ1) is 13.7. The maximum Gasteiger partial charge on any atom is 0.161 e. The summed E-state index contributed by atoms with van der Waals surface area (Å²) >= 11 is 6.00. The van der Waals surface area contributed by atoms with Crippen LogP contribution in [0.4, 0.5) is 0 Å². The minimum Gasteiger partial charge on any atom is -0.493 e. The van der Waals surface area contributed by atoms with E-state index in [4.69, 9.17) is 21.1 Å². The van der Waals surface area contributed by atoms with E-state index in [1.807, 2.05) is 30.3 Å². The fourth-order valence-electron chi connectivity index (χ4n) is 3.90. The normalized spacial score (nSPS) is 19.4. The Morgan fingerprint density at radius 3 is 2.61 bits per heavy atom. The van der Waals surface area contributed by atoms with E-state index in [-0.39, 0.29) is 6.04 Å². The summed E-state index contributed by atoms with van der Waals surface area (Å²) in [7, 11) is 1.70. The molecule has 4 rings (SSSR count). The van der Waals surface area contributed by atoms with Gasteiger partial charge in [0.15, 0.2) is 11.5 Å². The molecule has 2 aliphatic heterocycles. The lowest BCUT2D eigenvalue weighted by Gasteiger charge is -2.19. The third-order valence-electron chi connectivity index (χ3n) is 5.50. The third kappa shape index (κ3) is 4.45. The summed E-state index contributed by atoms with van der Waals surface area (Å²) in [5, 5.41) is 4.36. The molecule has 2 aromatic rings. The summed E-state index contributed by atoms with van der Waals surface area (Å²) in [6, 6.07) is 14.4. The minimum absolute atomic E-state index is 0.234. The fraction of sp³-hybridized carbons (Fsp3) is 0.391. The van der Waals surface area contributed by atoms with Gasteiger partial charge < -0.3 is 14.8 Å². The molecule has 5 heteroatoms. The molecule has 1 unspecified atom stereocenters. The molecule has 4 nitrogen and oxygen atoms in total. The van der Waals surface area contributed by atoms with E-state index in [2.05, 4.69) is 28.4 Å². The van der Waals surface area contributed by atoms with Gasteiger partial charge in [0, 0.05) is 17.3 Å². The second-order valence-corrected chi connectivity index (χ2v) is 7.80. The van der Waals surface area contributed by atoms with Crippen molar-refractivity contribution in [1.82, 2.24) is 10.2 Å². The van der Waals surface area contributed by atoms with Crippen molar-refractivity contribution in [2.45, 2.75) is 25.3 Å². The highest BCUT2D eigenvalue weighted by Gasteiger charge is 2.20. The molecular weight excluding hydrogens is 372 g/mol. The van der Waals surface area contributed by atoms with E-state index < -0.39 is 0 Å². The maximum absolute atomic E-state index is 6.00. The minimum atomic E-state index is 0.234. The predicted molar refractivity (Wildman–Crippen MR) is 114 cm³/mol. The molecule has 2 aliphatic rings. The van der Waals surface area contributed by atoms with Crippen molar-refractivity contribution >= 4 is 17.3 Å². The van der Waals surface area contributed by atoms with Crippen LogP contribution in [0.15, 0.2) is 48.5 Å². The van der Waals surface area contributed by atoms with Gasteiger partial charge in [-0.2, -0.15) is 0 Å². The van der Waals surface area contributed by atoms with Crippen molar-refractivity contribution < 1.29 is 9.47 Å². The summed E-state index contributed by atoms with van der Waals surface area (Å²) in [6.07, 6.45) is 5.79. The molecule has 2 aromatic carbocycles. The molecule has 1 saturated heterocycles. The molecule has 0 amide bonds. The predicted octanol–water partition coefficient (Wildman–Crippen LogP) is 4.90. The summed E-state index contributed by atoms with van der Waals surface area (Å²) in [5.74, 6) is 1.61. The number of ether oxygens (including phenoxy) is 2. The highest BCUT2D eigenvalue weighted by atomic mass is 35.5. The zero-order valence-electron chi connectivity index (χ0n) is 16.3. The number of halogens is 1. The molecule has 1 fully saturated rings. The van der Waals surface area contributed by atoms with Crippen LogP contribution < -0.4 is 14.8 Å². The van der Waals surface area contributed by atoms with Crippen molar-refractivity contribution in [3.05, 3.63) is 64.7 Å². The van der Waals surface area contributed by atoms with Gasteiger partial charge in [-0.1, -0.05) is 35.9 Å². The Kier molecular flexibility index (Phi) is 6.08. The van der Waals surface area contributed by atoms with Gasteiger partial charge in [0.05, 0.1) is 13.2 Å². The molecule has 0 radical (unpaired) electrons. The lowest BCUT2D eigenvalue weighted by atomic mass is 10.1. The van der Waals surface area contributed by atoms with Crippen LogP contribution in [0.5, 0.6) is 11.5 Å². The monoisotopic (exact) mass is 398 g/mol. The Morgan fingerprint density at radius 1 is 1.07 bits per heavy atom. The molecule has 1 N–H and O–H groups in total. The Hall–Kier alpha value is -2.17. The second kappa shape index (κ2) is 8.89. The van der Waals surface area contributed by atoms with Gasteiger partial charge in [-0.05, 0) is 67.7 Å². The lowest BCUT2D eigenvalue weighted by Crippen LogP contribution is -2.25. The Morgan fingerprint density at radius 2 is 1.86 bits per heavy atom. The standard InChI is InChI=1S/C23H27ClN2O2/c1-27-23-16-18(6-11-22(23)28-15-14-26-12-2-3-13-26)21-10-9-20(25-21)17-4-7-19(24)8-5-17/h4-9,11,16,21,25H,2-3,10,12-15H2,1H3. The fourth-order valence-corrected chi connectivity index (χ4v) is 4.03. The number of likely N-dealkylation sites (tertiary alicyclic amines) is 1. The van der Waals surface area contributed by atoms with Crippen LogP contribution in [0.2, 0.25) is 5.02 Å². The number of benzene rings is 2. The number of hydrogen-bond acceptors (Lipinski definition) is 4. The van der Waals surface area contributed by atoms with Gasteiger partial charge in [-0.25, -0.2) is 0 Å². The average molecular weight is 399 g/mol. The van der Waals surface area contributed by atoms with Crippen LogP contribution >= 0.6 is 11.6 Å². The van der Waals surface area contributed by atoms with E-state index >= 15 is 0 Å². The van der Waals surface area contributed by atoms with Crippen LogP contribution in [0, 0.1) is 0 Å². The smallest absolute Gasteiger partial charge is 0.161 e. The molecule has 28 heavy (non-hydrogen) atoms. The molecule has 0 spiro atoms. The Labute approximate surface area is 172 Å². The largest absolute Gasteiger partial charge is 0.493 e. The van der Waals surface area contributed by atoms with Crippen LogP contribution in [0.1, 0.15) is 36.4 Å². The van der Waals surface area contributed by atoms with Gasteiger partial charge in [0.1, 0.15) is 6.61 Å². The van der Waals surface area contributed by atoms with Gasteiger partial charge >= 0.3 is 0 Å². The van der Waals surface area contributed by atoms with Crippen LogP contribution in [-0.4, -0.2) is 38.3 Å². The summed E-state index contributed by atoms with van der Waals surface area (Å²) in [5.41, 5.74) is 3.50. The van der Waals surface area contributed by atoms with Crippen molar-refractivity contribution in [3.63, 3.8) is 0 Å². The Bertz CT molecular complexity index is 829. The number of methoxy groups -OCH3 is 1. The highest BCUT2D eigenvalue weighted by molar-refractivity contribution is 6.30. The van der Waals surface area contributed by atoms with Crippen LogP contribution in [0.3, 0.4) is 0 Å². The quantitative estimate of drug-likeness (QED) is 0.719. The van der Waals surface area contributed by atoms with E-state index in [0.717, 1.165) is 40.7 Å². The first kappa shape index (κ1) is 19.2. The molecule has 0 aromatic heterocycles. The first-order valence-corrected chi connectivity index (χ1v) is 10.4. The van der Waals surface area contributed by atoms with E-state index in [1.165, 1.54) is 31.5 Å². The van der Waals surface area contributed by atoms with Gasteiger partial charge in [-0.3, -0.25) is 4.90 Å². The Balaban J connectivity index is 1.38. The molecule has 0 aliphatic carbocycles. The van der Waals surface area contributed by atoms with Crippen molar-refractivity contribution in [1.29, 1.82) is 0 Å². The molecule has 2 heterocycles. The maximum atomic E-state index is 6.00. The van der Waals surface area contributed by atoms with E-state index in [1.54, 1.807) is 7.11 Å². The van der Waals surface area contributed by atoms with E-state index in [0.29, 0.717) is 6.61 Å². The summed E-state index contributed by atoms with van der Waals surface area (Å²) in [4.78, 5) is 2.45. The van der Waals surface area contributed by atoms with Crippen LogP contribution in [0.25, 0.3) is 5.70 Å². The number of nitrogens with zero attached hydrogens (tertiary/aromatic N) is 1. The first-order valence-electron chi connectivity index (χ1n) is 9.98. The molecular formula is C23H27ClN2O2. The summed E-state index contributed by atoms with van der Waals surface area (Å²) in [6.45, 7) is 4.05. The molecule has 0 bridgehead atoms. The van der Waals surface area contributed by atoms with Crippen molar-refractivity contribution in [2.24, 2.45) is 0 Å². The lowest BCUT2D eigenvalue weighted by molar-refractivity contribution is 0.230. The van der Waals surface area contributed by atoms with Crippen molar-refractivity contribution in [3.8, 4) is 11.5 Å². The molecule has 148 valence electrons. The molecule has 0 saturated carbocycles. The zero-order chi connectivity index (χ0) is 19.3. The highest BCUT2D eigenvalue weighted by Crippen LogP contribution is 2.35. The average Bonchev–Trinajstić information content (AvgIpc) is 3.41. The SMILES string of the molecule is COc1cc(C2CC=C(c3ccc(Cl)cc3)N2)ccc1OCCN1CCCC1. The van der Waals surface area contributed by atoms with Gasteiger partial charge in [0.2, 0.25) is 0 Å². The molecule has 1 atom stereocenters. The topological polar surface area (TPSA) is 33.7 Å². The number of rotatable bonds is 7. The van der Waals surface area contributed by atoms with Crippen molar-refractivity contribution in [2.75, 3.05) is 33.4 Å². The third-order valence-corrected chi connectivity index (χ3v) is 5.75. The summed E-state index contributed by atoms with van der Waals surface area (Å²) < 4.78 is 11.6. The zero-order valence-corrected chi connectivity index (χ0v) is 17.0. The second-order valence-electron chi connectivity index (χ2n) is 7.36.